The molecule has 3 nitrogen and oxygen atoms in total. The van der Waals surface area contributed by atoms with Crippen LogP contribution in [-0.4, -0.2) is 5.16 Å². The van der Waals surface area contributed by atoms with Crippen molar-refractivity contribution in [2.75, 3.05) is 0 Å². The van der Waals surface area contributed by atoms with E-state index in [1.807, 2.05) is 54.6 Å². The van der Waals surface area contributed by atoms with E-state index in [2.05, 4.69) is 21.1 Å². The summed E-state index contributed by atoms with van der Waals surface area (Å²) < 4.78 is 11.6. The molecule has 2 aromatic carbocycles. The van der Waals surface area contributed by atoms with Gasteiger partial charge in [-0.25, -0.2) is 0 Å². The molecule has 0 saturated heterocycles. The maximum absolute atomic E-state index is 5.74. The molecular formula is C15H10BrNO2. The van der Waals surface area contributed by atoms with E-state index >= 15 is 0 Å². The first-order valence-electron chi connectivity index (χ1n) is 5.75. The Morgan fingerprint density at radius 2 is 1.47 bits per heavy atom. The molecule has 0 fully saturated rings. The topological polar surface area (TPSA) is 35.3 Å². The van der Waals surface area contributed by atoms with Gasteiger partial charge in [-0.3, -0.25) is 0 Å². The summed E-state index contributed by atoms with van der Waals surface area (Å²) in [4.78, 5) is 0. The number of rotatable bonds is 3. The summed E-state index contributed by atoms with van der Waals surface area (Å²) in [6.07, 6.45) is 1.56. The van der Waals surface area contributed by atoms with Gasteiger partial charge in [0.1, 0.15) is 23.5 Å². The van der Waals surface area contributed by atoms with Crippen molar-refractivity contribution in [1.82, 2.24) is 5.16 Å². The molecule has 0 aliphatic rings. The molecule has 0 radical (unpaired) electrons. The molecule has 0 N–H and O–H groups in total. The first kappa shape index (κ1) is 12.0. The quantitative estimate of drug-likeness (QED) is 0.689. The van der Waals surface area contributed by atoms with Crippen LogP contribution in [0.25, 0.3) is 11.3 Å². The van der Waals surface area contributed by atoms with E-state index < -0.39 is 0 Å². The lowest BCUT2D eigenvalue weighted by Crippen LogP contribution is -1.84. The van der Waals surface area contributed by atoms with Gasteiger partial charge in [-0.1, -0.05) is 21.1 Å². The maximum Gasteiger partial charge on any atom is 0.127 e. The van der Waals surface area contributed by atoms with E-state index in [1.165, 1.54) is 0 Å². The normalized spacial score (nSPS) is 10.4. The van der Waals surface area contributed by atoms with E-state index in [-0.39, 0.29) is 0 Å². The second-order valence-corrected chi connectivity index (χ2v) is 4.88. The smallest absolute Gasteiger partial charge is 0.127 e. The van der Waals surface area contributed by atoms with Gasteiger partial charge < -0.3 is 9.26 Å². The van der Waals surface area contributed by atoms with Gasteiger partial charge in [-0.05, 0) is 48.5 Å². The number of benzene rings is 2. The molecule has 1 aromatic heterocycles. The van der Waals surface area contributed by atoms with Crippen LogP contribution in [-0.2, 0) is 0 Å². The van der Waals surface area contributed by atoms with Crippen LogP contribution in [0.3, 0.4) is 0 Å². The monoisotopic (exact) mass is 315 g/mol. The van der Waals surface area contributed by atoms with Crippen molar-refractivity contribution in [3.05, 3.63) is 65.3 Å². The van der Waals surface area contributed by atoms with Crippen LogP contribution in [0.1, 0.15) is 0 Å². The van der Waals surface area contributed by atoms with Gasteiger partial charge >= 0.3 is 0 Å². The van der Waals surface area contributed by atoms with Crippen LogP contribution in [0, 0.1) is 0 Å². The molecule has 94 valence electrons. The number of ether oxygens (including phenoxy) is 1. The fourth-order valence-electron chi connectivity index (χ4n) is 1.69. The zero-order valence-corrected chi connectivity index (χ0v) is 11.5. The average molecular weight is 316 g/mol. The Morgan fingerprint density at radius 1 is 0.842 bits per heavy atom. The lowest BCUT2D eigenvalue weighted by molar-refractivity contribution is 0.422. The standard InChI is InChI=1S/C15H10BrNO2/c16-12-3-7-14(8-4-12)19-13-5-1-11(2-6-13)15-9-10-18-17-15/h1-10H. The van der Waals surface area contributed by atoms with Crippen LogP contribution in [0.4, 0.5) is 0 Å². The van der Waals surface area contributed by atoms with E-state index in [0.29, 0.717) is 0 Å². The Hall–Kier alpha value is -2.07. The third kappa shape index (κ3) is 2.85. The molecule has 0 amide bonds. The molecule has 0 unspecified atom stereocenters. The summed E-state index contributed by atoms with van der Waals surface area (Å²) >= 11 is 3.39. The predicted octanol–water partition coefficient (Wildman–Crippen LogP) is 4.90. The molecule has 0 aliphatic heterocycles. The summed E-state index contributed by atoms with van der Waals surface area (Å²) in [5, 5.41) is 3.89. The molecule has 19 heavy (non-hydrogen) atoms. The first-order chi connectivity index (χ1) is 9.31. The number of halogens is 1. The summed E-state index contributed by atoms with van der Waals surface area (Å²) in [5.74, 6) is 1.59. The lowest BCUT2D eigenvalue weighted by atomic mass is 10.1. The number of nitrogens with zero attached hydrogens (tertiary/aromatic N) is 1. The molecule has 0 atom stereocenters. The molecule has 1 heterocycles. The minimum absolute atomic E-state index is 0.787. The molecular weight excluding hydrogens is 306 g/mol. The second kappa shape index (κ2) is 5.28. The van der Waals surface area contributed by atoms with Gasteiger partial charge in [0.05, 0.1) is 0 Å². The van der Waals surface area contributed by atoms with Crippen molar-refractivity contribution in [3.8, 4) is 22.8 Å². The SMILES string of the molecule is Brc1ccc(Oc2ccc(-c3ccon3)cc2)cc1. The van der Waals surface area contributed by atoms with E-state index in [0.717, 1.165) is 27.2 Å². The number of hydrogen-bond donors (Lipinski definition) is 0. The zero-order valence-electron chi connectivity index (χ0n) is 9.92. The Balaban J connectivity index is 1.77. The van der Waals surface area contributed by atoms with Gasteiger partial charge in [-0.15, -0.1) is 0 Å². The molecule has 0 aliphatic carbocycles. The molecule has 3 rings (SSSR count). The lowest BCUT2D eigenvalue weighted by Gasteiger charge is -2.06. The predicted molar refractivity (Wildman–Crippen MR) is 76.2 cm³/mol. The van der Waals surface area contributed by atoms with E-state index in [4.69, 9.17) is 9.26 Å². The van der Waals surface area contributed by atoms with Crippen molar-refractivity contribution in [3.63, 3.8) is 0 Å². The van der Waals surface area contributed by atoms with Crippen molar-refractivity contribution < 1.29 is 9.26 Å². The fraction of sp³-hybridized carbons (Fsp3) is 0. The van der Waals surface area contributed by atoms with Crippen LogP contribution in [0.5, 0.6) is 11.5 Å². The van der Waals surface area contributed by atoms with Gasteiger partial charge in [0, 0.05) is 16.1 Å². The molecule has 0 saturated carbocycles. The highest BCUT2D eigenvalue weighted by Crippen LogP contribution is 2.25. The van der Waals surface area contributed by atoms with Crippen molar-refractivity contribution in [2.45, 2.75) is 0 Å². The summed E-state index contributed by atoms with van der Waals surface area (Å²) in [6, 6.07) is 17.3. The first-order valence-corrected chi connectivity index (χ1v) is 6.55. The highest BCUT2D eigenvalue weighted by atomic mass is 79.9. The Kier molecular flexibility index (Phi) is 3.33. The fourth-order valence-corrected chi connectivity index (χ4v) is 1.96. The molecule has 4 heteroatoms. The summed E-state index contributed by atoms with van der Waals surface area (Å²) in [6.45, 7) is 0. The Bertz CT molecular complexity index is 646. The van der Waals surface area contributed by atoms with Crippen molar-refractivity contribution >= 4 is 15.9 Å². The van der Waals surface area contributed by atoms with Gasteiger partial charge in [0.2, 0.25) is 0 Å². The highest BCUT2D eigenvalue weighted by molar-refractivity contribution is 9.10. The Morgan fingerprint density at radius 3 is 2.05 bits per heavy atom. The summed E-state index contributed by atoms with van der Waals surface area (Å²) in [7, 11) is 0. The highest BCUT2D eigenvalue weighted by Gasteiger charge is 2.02. The van der Waals surface area contributed by atoms with Crippen LogP contribution in [0.15, 0.2) is 69.9 Å². The van der Waals surface area contributed by atoms with Gasteiger partial charge in [-0.2, -0.15) is 0 Å². The molecule has 0 bridgehead atoms. The van der Waals surface area contributed by atoms with Crippen LogP contribution < -0.4 is 4.74 Å². The van der Waals surface area contributed by atoms with Gasteiger partial charge in [0.25, 0.3) is 0 Å². The second-order valence-electron chi connectivity index (χ2n) is 3.97. The number of aromatic nitrogens is 1. The van der Waals surface area contributed by atoms with E-state index in [1.54, 1.807) is 6.26 Å². The molecule has 3 aromatic rings. The van der Waals surface area contributed by atoms with Crippen LogP contribution in [0.2, 0.25) is 0 Å². The average Bonchev–Trinajstić information content (AvgIpc) is 2.96. The minimum Gasteiger partial charge on any atom is -0.457 e. The third-order valence-electron chi connectivity index (χ3n) is 2.64. The zero-order chi connectivity index (χ0) is 13.1. The minimum atomic E-state index is 0.787. The largest absolute Gasteiger partial charge is 0.457 e. The van der Waals surface area contributed by atoms with Crippen molar-refractivity contribution in [2.24, 2.45) is 0 Å². The van der Waals surface area contributed by atoms with Gasteiger partial charge in [0.15, 0.2) is 0 Å². The Labute approximate surface area is 118 Å². The number of hydrogen-bond acceptors (Lipinski definition) is 3. The summed E-state index contributed by atoms with van der Waals surface area (Å²) in [5.41, 5.74) is 1.81. The molecule has 0 spiro atoms. The van der Waals surface area contributed by atoms with Crippen LogP contribution >= 0.6 is 15.9 Å². The van der Waals surface area contributed by atoms with Crippen molar-refractivity contribution in [1.29, 1.82) is 0 Å². The maximum atomic E-state index is 5.74. The third-order valence-corrected chi connectivity index (χ3v) is 3.17. The van der Waals surface area contributed by atoms with E-state index in [9.17, 15) is 0 Å².